The van der Waals surface area contributed by atoms with Crippen LogP contribution in [-0.4, -0.2) is 11.6 Å². The molecule has 0 spiro atoms. The Bertz CT molecular complexity index is 346. The molecule has 1 aliphatic carbocycles. The number of Topliss-reactive ketones (excluding diaryl/α,β-unsaturated/α-hetero) is 1. The first-order chi connectivity index (χ1) is 6.43. The highest BCUT2D eigenvalue weighted by atomic mass is 16.1. The Labute approximate surface area is 83.7 Å². The van der Waals surface area contributed by atoms with Gasteiger partial charge in [-0.25, -0.2) is 0 Å². The number of carbonyl (C=O) groups excluding carboxylic acids is 2. The molecule has 0 saturated heterocycles. The maximum Gasteiger partial charge on any atom is 0.183 e. The van der Waals surface area contributed by atoms with Crippen LogP contribution in [0.5, 0.6) is 0 Å². The van der Waals surface area contributed by atoms with Gasteiger partial charge < -0.3 is 5.73 Å². The van der Waals surface area contributed by atoms with E-state index in [1.54, 1.807) is 13.8 Å². The molecule has 0 bridgehead atoms. The molecule has 0 saturated carbocycles. The van der Waals surface area contributed by atoms with E-state index in [0.717, 1.165) is 5.57 Å². The van der Waals surface area contributed by atoms with E-state index in [-0.39, 0.29) is 17.5 Å². The van der Waals surface area contributed by atoms with Gasteiger partial charge in [0, 0.05) is 17.2 Å². The molecular weight excluding hydrogens is 178 g/mol. The topological polar surface area (TPSA) is 60.2 Å². The van der Waals surface area contributed by atoms with Crippen LogP contribution in [0.2, 0.25) is 0 Å². The molecule has 3 nitrogen and oxygen atoms in total. The first-order valence-corrected chi connectivity index (χ1v) is 4.61. The third-order valence-corrected chi connectivity index (χ3v) is 2.58. The summed E-state index contributed by atoms with van der Waals surface area (Å²) in [5, 5.41) is 0. The average molecular weight is 193 g/mol. The number of hydrogen-bond acceptors (Lipinski definition) is 3. The van der Waals surface area contributed by atoms with Crippen molar-refractivity contribution in [2.75, 3.05) is 0 Å². The van der Waals surface area contributed by atoms with Crippen molar-refractivity contribution in [3.8, 4) is 0 Å². The Hall–Kier alpha value is -1.38. The normalized spacial score (nSPS) is 25.8. The van der Waals surface area contributed by atoms with Gasteiger partial charge >= 0.3 is 0 Å². The fraction of sp³-hybridized carbons (Fsp3) is 0.455. The van der Waals surface area contributed by atoms with E-state index in [1.807, 2.05) is 6.92 Å². The van der Waals surface area contributed by atoms with Gasteiger partial charge in [0.05, 0.1) is 0 Å². The van der Waals surface area contributed by atoms with Gasteiger partial charge in [-0.05, 0) is 33.3 Å². The summed E-state index contributed by atoms with van der Waals surface area (Å²) in [6.45, 7) is 5.05. The summed E-state index contributed by atoms with van der Waals surface area (Å²) in [6, 6.07) is 0. The third kappa shape index (κ3) is 1.92. The Morgan fingerprint density at radius 2 is 2.07 bits per heavy atom. The number of rotatable bonds is 1. The molecule has 1 unspecified atom stereocenters. The van der Waals surface area contributed by atoms with Crippen molar-refractivity contribution in [2.45, 2.75) is 27.2 Å². The van der Waals surface area contributed by atoms with Crippen molar-refractivity contribution in [2.24, 2.45) is 11.7 Å². The average Bonchev–Trinajstić information content (AvgIpc) is 2.02. The van der Waals surface area contributed by atoms with Crippen LogP contribution in [0.25, 0.3) is 0 Å². The van der Waals surface area contributed by atoms with Crippen molar-refractivity contribution in [1.29, 1.82) is 0 Å². The van der Waals surface area contributed by atoms with E-state index in [1.165, 1.54) is 6.08 Å². The lowest BCUT2D eigenvalue weighted by Crippen LogP contribution is -2.23. The molecule has 0 aromatic heterocycles. The van der Waals surface area contributed by atoms with Crippen molar-refractivity contribution in [3.63, 3.8) is 0 Å². The smallest absolute Gasteiger partial charge is 0.183 e. The predicted octanol–water partition coefficient (Wildman–Crippen LogP) is 1.34. The van der Waals surface area contributed by atoms with Gasteiger partial charge in [0.25, 0.3) is 0 Å². The molecule has 0 amide bonds. The van der Waals surface area contributed by atoms with Crippen LogP contribution in [-0.2, 0) is 9.59 Å². The van der Waals surface area contributed by atoms with Crippen LogP contribution in [0, 0.1) is 5.92 Å². The molecule has 0 aromatic rings. The molecule has 1 atom stereocenters. The van der Waals surface area contributed by atoms with Crippen LogP contribution in [0.4, 0.5) is 0 Å². The standard InChI is InChI=1S/C11H15NO2/c1-6-4-11(14)10(7(2)12)5-9(6)8(3)13/h4,9H,5,12H2,1-3H3/b10-7+. The van der Waals surface area contributed by atoms with Gasteiger partial charge in [-0.3, -0.25) is 9.59 Å². The Balaban J connectivity index is 3.10. The predicted molar refractivity (Wildman–Crippen MR) is 54.4 cm³/mol. The number of nitrogens with two attached hydrogens (primary N) is 1. The molecule has 3 heteroatoms. The molecule has 1 aliphatic rings. The Kier molecular flexibility index (Phi) is 2.89. The molecule has 0 aliphatic heterocycles. The summed E-state index contributed by atoms with van der Waals surface area (Å²) in [7, 11) is 0. The fourth-order valence-electron chi connectivity index (χ4n) is 1.68. The van der Waals surface area contributed by atoms with Crippen molar-refractivity contribution in [1.82, 2.24) is 0 Å². The van der Waals surface area contributed by atoms with Crippen LogP contribution >= 0.6 is 0 Å². The quantitative estimate of drug-likeness (QED) is 0.639. The Morgan fingerprint density at radius 1 is 1.50 bits per heavy atom. The number of ketones is 2. The molecule has 76 valence electrons. The summed E-state index contributed by atoms with van der Waals surface area (Å²) in [4.78, 5) is 22.8. The van der Waals surface area contributed by atoms with Gasteiger partial charge in [0.2, 0.25) is 0 Å². The summed E-state index contributed by atoms with van der Waals surface area (Å²) >= 11 is 0. The van der Waals surface area contributed by atoms with E-state index in [2.05, 4.69) is 0 Å². The minimum Gasteiger partial charge on any atom is -0.402 e. The maximum atomic E-state index is 11.5. The van der Waals surface area contributed by atoms with Gasteiger partial charge in [0.1, 0.15) is 5.78 Å². The second-order valence-electron chi connectivity index (χ2n) is 3.78. The minimum absolute atomic E-state index is 0.0556. The van der Waals surface area contributed by atoms with Gasteiger partial charge in [0.15, 0.2) is 5.78 Å². The zero-order chi connectivity index (χ0) is 10.9. The maximum absolute atomic E-state index is 11.5. The third-order valence-electron chi connectivity index (χ3n) is 2.58. The number of carbonyl (C=O) groups is 2. The number of allylic oxidation sites excluding steroid dienone is 4. The van der Waals surface area contributed by atoms with Gasteiger partial charge in [-0.15, -0.1) is 0 Å². The second-order valence-corrected chi connectivity index (χ2v) is 3.78. The molecule has 0 heterocycles. The van der Waals surface area contributed by atoms with Crippen LogP contribution in [0.3, 0.4) is 0 Å². The molecule has 2 N–H and O–H groups in total. The molecule has 0 radical (unpaired) electrons. The zero-order valence-corrected chi connectivity index (χ0v) is 8.76. The Morgan fingerprint density at radius 3 is 2.50 bits per heavy atom. The van der Waals surface area contributed by atoms with E-state index < -0.39 is 0 Å². The summed E-state index contributed by atoms with van der Waals surface area (Å²) in [5.41, 5.74) is 7.52. The largest absolute Gasteiger partial charge is 0.402 e. The molecule has 0 fully saturated rings. The highest BCUT2D eigenvalue weighted by Crippen LogP contribution is 2.27. The number of hydrogen-bond donors (Lipinski definition) is 1. The van der Waals surface area contributed by atoms with Crippen LogP contribution in [0.15, 0.2) is 22.9 Å². The minimum atomic E-state index is -0.166. The SMILES string of the molecule is CC(=O)C1C/C(=C(/C)N)C(=O)C=C1C. The first kappa shape index (κ1) is 10.7. The summed E-state index contributed by atoms with van der Waals surface area (Å²) in [5.74, 6) is -0.133. The first-order valence-electron chi connectivity index (χ1n) is 4.61. The summed E-state index contributed by atoms with van der Waals surface area (Å²) < 4.78 is 0. The second kappa shape index (κ2) is 3.78. The molecule has 1 rings (SSSR count). The molecular formula is C11H15NO2. The highest BCUT2D eigenvalue weighted by Gasteiger charge is 2.26. The van der Waals surface area contributed by atoms with Gasteiger partial charge in [-0.2, -0.15) is 0 Å². The lowest BCUT2D eigenvalue weighted by atomic mass is 9.82. The fourth-order valence-corrected chi connectivity index (χ4v) is 1.68. The van der Waals surface area contributed by atoms with E-state index in [9.17, 15) is 9.59 Å². The lowest BCUT2D eigenvalue weighted by molar-refractivity contribution is -0.120. The van der Waals surface area contributed by atoms with E-state index in [4.69, 9.17) is 5.73 Å². The lowest BCUT2D eigenvalue weighted by Gasteiger charge is -2.21. The molecule has 0 aromatic carbocycles. The van der Waals surface area contributed by atoms with Gasteiger partial charge in [-0.1, -0.05) is 5.57 Å². The highest BCUT2D eigenvalue weighted by molar-refractivity contribution is 6.07. The van der Waals surface area contributed by atoms with E-state index in [0.29, 0.717) is 17.7 Å². The van der Waals surface area contributed by atoms with Crippen LogP contribution < -0.4 is 5.73 Å². The van der Waals surface area contributed by atoms with Crippen molar-refractivity contribution < 1.29 is 9.59 Å². The molecule has 14 heavy (non-hydrogen) atoms. The van der Waals surface area contributed by atoms with Crippen LogP contribution in [0.1, 0.15) is 27.2 Å². The van der Waals surface area contributed by atoms with Crippen molar-refractivity contribution in [3.05, 3.63) is 22.9 Å². The monoisotopic (exact) mass is 193 g/mol. The van der Waals surface area contributed by atoms with E-state index >= 15 is 0 Å². The zero-order valence-electron chi connectivity index (χ0n) is 8.76. The van der Waals surface area contributed by atoms with Crippen molar-refractivity contribution >= 4 is 11.6 Å². The summed E-state index contributed by atoms with van der Waals surface area (Å²) in [6.07, 6.45) is 1.97.